The minimum Gasteiger partial charge on any atom is -0.381 e. The van der Waals surface area contributed by atoms with E-state index in [1.807, 2.05) is 30.3 Å². The third-order valence-corrected chi connectivity index (χ3v) is 4.73. The summed E-state index contributed by atoms with van der Waals surface area (Å²) in [5, 5.41) is 1.98. The highest BCUT2D eigenvalue weighted by Gasteiger charge is 2.30. The Morgan fingerprint density at radius 2 is 2.17 bits per heavy atom. The molecule has 1 aromatic heterocycles. The van der Waals surface area contributed by atoms with E-state index >= 15 is 0 Å². The van der Waals surface area contributed by atoms with Gasteiger partial charge in [-0.05, 0) is 42.2 Å². The minimum absolute atomic E-state index is 0.148. The molecule has 0 aliphatic carbocycles. The Hall–Kier alpha value is -0.870. The second-order valence-corrected chi connectivity index (χ2v) is 6.43. The third-order valence-electron chi connectivity index (χ3n) is 3.72. The molecule has 0 saturated carbocycles. The Balaban J connectivity index is 2.01. The van der Waals surface area contributed by atoms with Crippen LogP contribution < -0.4 is 0 Å². The molecule has 18 heavy (non-hydrogen) atoms. The maximum absolute atomic E-state index is 12.3. The minimum atomic E-state index is 0.148. The van der Waals surface area contributed by atoms with Gasteiger partial charge in [0, 0.05) is 26.8 Å². The SMILES string of the molecule is Cc1ccsc1C(=O)N(C)CC1(C)CCOCC1. The molecule has 0 aromatic carbocycles. The molecular formula is C14H21NO2S. The second kappa shape index (κ2) is 5.41. The molecular weight excluding hydrogens is 246 g/mol. The number of aryl methyl sites for hydroxylation is 1. The van der Waals surface area contributed by atoms with Crippen molar-refractivity contribution in [2.24, 2.45) is 5.41 Å². The molecule has 100 valence electrons. The van der Waals surface area contributed by atoms with Gasteiger partial charge < -0.3 is 9.64 Å². The molecule has 0 unspecified atom stereocenters. The van der Waals surface area contributed by atoms with Crippen molar-refractivity contribution in [2.75, 3.05) is 26.8 Å². The highest BCUT2D eigenvalue weighted by molar-refractivity contribution is 7.12. The van der Waals surface area contributed by atoms with Crippen LogP contribution in [0.3, 0.4) is 0 Å². The van der Waals surface area contributed by atoms with Crippen molar-refractivity contribution in [3.8, 4) is 0 Å². The summed E-state index contributed by atoms with van der Waals surface area (Å²) in [4.78, 5) is 15.1. The van der Waals surface area contributed by atoms with Crippen LogP contribution in [0.2, 0.25) is 0 Å². The van der Waals surface area contributed by atoms with Gasteiger partial charge in [0.1, 0.15) is 0 Å². The lowest BCUT2D eigenvalue weighted by Gasteiger charge is -2.36. The second-order valence-electron chi connectivity index (χ2n) is 5.52. The van der Waals surface area contributed by atoms with E-state index in [0.717, 1.165) is 43.0 Å². The molecule has 0 bridgehead atoms. The van der Waals surface area contributed by atoms with Crippen LogP contribution in [0.15, 0.2) is 11.4 Å². The standard InChI is InChI=1S/C14H21NO2S/c1-11-4-9-18-12(11)13(16)15(3)10-14(2)5-7-17-8-6-14/h4,9H,5-8,10H2,1-3H3. The smallest absolute Gasteiger partial charge is 0.263 e. The molecule has 1 saturated heterocycles. The van der Waals surface area contributed by atoms with E-state index in [1.165, 1.54) is 11.3 Å². The molecule has 1 amide bonds. The van der Waals surface area contributed by atoms with Crippen LogP contribution in [0, 0.1) is 12.3 Å². The molecule has 1 aliphatic rings. The predicted octanol–water partition coefficient (Wildman–Crippen LogP) is 2.95. The highest BCUT2D eigenvalue weighted by Crippen LogP contribution is 2.31. The van der Waals surface area contributed by atoms with Crippen LogP contribution >= 0.6 is 11.3 Å². The van der Waals surface area contributed by atoms with Crippen molar-refractivity contribution in [3.63, 3.8) is 0 Å². The molecule has 2 rings (SSSR count). The zero-order valence-corrected chi connectivity index (χ0v) is 12.2. The van der Waals surface area contributed by atoms with Crippen molar-refractivity contribution >= 4 is 17.2 Å². The van der Waals surface area contributed by atoms with Crippen molar-refractivity contribution in [3.05, 3.63) is 21.9 Å². The lowest BCUT2D eigenvalue weighted by atomic mass is 9.82. The quantitative estimate of drug-likeness (QED) is 0.842. The van der Waals surface area contributed by atoms with Gasteiger partial charge in [0.2, 0.25) is 0 Å². The Kier molecular flexibility index (Phi) is 4.07. The van der Waals surface area contributed by atoms with Crippen molar-refractivity contribution < 1.29 is 9.53 Å². The monoisotopic (exact) mass is 267 g/mol. The van der Waals surface area contributed by atoms with Crippen molar-refractivity contribution in [2.45, 2.75) is 26.7 Å². The predicted molar refractivity (Wildman–Crippen MR) is 74.2 cm³/mol. The number of thiophene rings is 1. The van der Waals surface area contributed by atoms with E-state index < -0.39 is 0 Å². The van der Waals surface area contributed by atoms with E-state index in [9.17, 15) is 4.79 Å². The first kappa shape index (κ1) is 13.6. The van der Waals surface area contributed by atoms with E-state index in [4.69, 9.17) is 4.74 Å². The lowest BCUT2D eigenvalue weighted by molar-refractivity contribution is 0.00924. The van der Waals surface area contributed by atoms with Gasteiger partial charge in [-0.25, -0.2) is 0 Å². The summed E-state index contributed by atoms with van der Waals surface area (Å²) in [7, 11) is 1.90. The van der Waals surface area contributed by atoms with Crippen molar-refractivity contribution in [1.82, 2.24) is 4.90 Å². The summed E-state index contributed by atoms with van der Waals surface area (Å²) in [6.07, 6.45) is 2.07. The van der Waals surface area contributed by atoms with Gasteiger partial charge in [0.05, 0.1) is 4.88 Å². The van der Waals surface area contributed by atoms with Crippen LogP contribution in [-0.4, -0.2) is 37.6 Å². The number of ether oxygens (including phenoxy) is 1. The van der Waals surface area contributed by atoms with E-state index in [2.05, 4.69) is 6.92 Å². The fraction of sp³-hybridized carbons (Fsp3) is 0.643. The number of carbonyl (C=O) groups is 1. The number of hydrogen-bond donors (Lipinski definition) is 0. The number of carbonyl (C=O) groups excluding carboxylic acids is 1. The largest absolute Gasteiger partial charge is 0.381 e. The fourth-order valence-electron chi connectivity index (χ4n) is 2.43. The van der Waals surface area contributed by atoms with Gasteiger partial charge in [-0.15, -0.1) is 11.3 Å². The summed E-state index contributed by atoms with van der Waals surface area (Å²) in [6.45, 7) is 6.69. The van der Waals surface area contributed by atoms with Crippen LogP contribution in [0.25, 0.3) is 0 Å². The Morgan fingerprint density at radius 3 is 2.72 bits per heavy atom. The first-order chi connectivity index (χ1) is 8.52. The summed E-state index contributed by atoms with van der Waals surface area (Å²) in [5.41, 5.74) is 1.28. The van der Waals surface area contributed by atoms with Crippen LogP contribution in [0.4, 0.5) is 0 Å². The lowest BCUT2D eigenvalue weighted by Crippen LogP contribution is -2.40. The molecule has 0 atom stereocenters. The summed E-state index contributed by atoms with van der Waals surface area (Å²) in [5.74, 6) is 0.148. The van der Waals surface area contributed by atoms with Gasteiger partial charge in [-0.3, -0.25) is 4.79 Å². The first-order valence-electron chi connectivity index (χ1n) is 6.39. The number of rotatable bonds is 3. The van der Waals surface area contributed by atoms with Gasteiger partial charge in [0.15, 0.2) is 0 Å². The average molecular weight is 267 g/mol. The fourth-order valence-corrected chi connectivity index (χ4v) is 3.35. The molecule has 0 N–H and O–H groups in total. The zero-order chi connectivity index (χ0) is 13.2. The van der Waals surface area contributed by atoms with Crippen molar-refractivity contribution in [1.29, 1.82) is 0 Å². The summed E-state index contributed by atoms with van der Waals surface area (Å²) < 4.78 is 5.40. The van der Waals surface area contributed by atoms with Gasteiger partial charge >= 0.3 is 0 Å². The van der Waals surface area contributed by atoms with E-state index in [0.29, 0.717) is 0 Å². The summed E-state index contributed by atoms with van der Waals surface area (Å²) in [6, 6.07) is 2.00. The summed E-state index contributed by atoms with van der Waals surface area (Å²) >= 11 is 1.53. The van der Waals surface area contributed by atoms with Gasteiger partial charge in [0.25, 0.3) is 5.91 Å². The third kappa shape index (κ3) is 2.93. The van der Waals surface area contributed by atoms with Crippen LogP contribution in [0.1, 0.15) is 35.0 Å². The maximum atomic E-state index is 12.3. The van der Waals surface area contributed by atoms with Crippen LogP contribution in [-0.2, 0) is 4.74 Å². The number of amides is 1. The van der Waals surface area contributed by atoms with Gasteiger partial charge in [-0.1, -0.05) is 6.92 Å². The molecule has 4 heteroatoms. The molecule has 0 radical (unpaired) electrons. The average Bonchev–Trinajstić information content (AvgIpc) is 2.74. The maximum Gasteiger partial charge on any atom is 0.263 e. The Bertz CT molecular complexity index is 421. The molecule has 1 aliphatic heterocycles. The molecule has 2 heterocycles. The number of nitrogens with zero attached hydrogens (tertiary/aromatic N) is 1. The normalized spacial score (nSPS) is 18.6. The molecule has 1 aromatic rings. The Morgan fingerprint density at radius 1 is 1.50 bits per heavy atom. The zero-order valence-electron chi connectivity index (χ0n) is 11.4. The topological polar surface area (TPSA) is 29.5 Å². The first-order valence-corrected chi connectivity index (χ1v) is 7.27. The number of hydrogen-bond acceptors (Lipinski definition) is 3. The van der Waals surface area contributed by atoms with E-state index in [-0.39, 0.29) is 11.3 Å². The van der Waals surface area contributed by atoms with Crippen LogP contribution in [0.5, 0.6) is 0 Å². The Labute approximate surface area is 113 Å². The van der Waals surface area contributed by atoms with E-state index in [1.54, 1.807) is 0 Å². The van der Waals surface area contributed by atoms with Gasteiger partial charge in [-0.2, -0.15) is 0 Å². The molecule has 0 spiro atoms. The molecule has 3 nitrogen and oxygen atoms in total. The highest BCUT2D eigenvalue weighted by atomic mass is 32.1. The molecule has 1 fully saturated rings.